The van der Waals surface area contributed by atoms with Crippen molar-refractivity contribution in [2.24, 2.45) is 0 Å². The maximum absolute atomic E-state index is 12.2. The van der Waals surface area contributed by atoms with E-state index in [1.165, 1.54) is 0 Å². The molecule has 1 N–H and O–H groups in total. The average Bonchev–Trinajstić information content (AvgIpc) is 2.75. The van der Waals surface area contributed by atoms with Gasteiger partial charge in [0.1, 0.15) is 5.60 Å². The Labute approximate surface area is 128 Å². The SMILES string of the molecule is CSC(C)(C)CNCC1CCCN1C(=O)OC(C)(C)C. The third kappa shape index (κ3) is 5.92. The second kappa shape index (κ2) is 7.03. The molecule has 0 aromatic rings. The Hall–Kier alpha value is -0.420. The summed E-state index contributed by atoms with van der Waals surface area (Å²) in [6.07, 6.45) is 4.08. The molecule has 5 heteroatoms. The van der Waals surface area contributed by atoms with Gasteiger partial charge in [-0.15, -0.1) is 0 Å². The van der Waals surface area contributed by atoms with Gasteiger partial charge in [-0.1, -0.05) is 0 Å². The average molecular weight is 302 g/mol. The Morgan fingerprint density at radius 3 is 2.55 bits per heavy atom. The molecule has 0 saturated carbocycles. The summed E-state index contributed by atoms with van der Waals surface area (Å²) in [5.41, 5.74) is -0.418. The van der Waals surface area contributed by atoms with Crippen LogP contribution in [0.5, 0.6) is 0 Å². The van der Waals surface area contributed by atoms with E-state index in [9.17, 15) is 4.79 Å². The van der Waals surface area contributed by atoms with Crippen LogP contribution in [-0.4, -0.2) is 53.3 Å². The fourth-order valence-corrected chi connectivity index (χ4v) is 2.47. The van der Waals surface area contributed by atoms with Gasteiger partial charge in [0, 0.05) is 30.4 Å². The number of hydrogen-bond donors (Lipinski definition) is 1. The van der Waals surface area contributed by atoms with E-state index in [2.05, 4.69) is 25.4 Å². The first-order valence-corrected chi connectivity index (χ1v) is 8.62. The van der Waals surface area contributed by atoms with Gasteiger partial charge >= 0.3 is 6.09 Å². The topological polar surface area (TPSA) is 41.6 Å². The summed E-state index contributed by atoms with van der Waals surface area (Å²) in [4.78, 5) is 14.0. The molecule has 0 aromatic carbocycles. The van der Waals surface area contributed by atoms with Crippen molar-refractivity contribution in [2.75, 3.05) is 25.9 Å². The van der Waals surface area contributed by atoms with Crippen LogP contribution in [0.3, 0.4) is 0 Å². The minimum Gasteiger partial charge on any atom is -0.444 e. The van der Waals surface area contributed by atoms with Crippen molar-refractivity contribution < 1.29 is 9.53 Å². The van der Waals surface area contributed by atoms with Gasteiger partial charge < -0.3 is 15.0 Å². The van der Waals surface area contributed by atoms with Crippen LogP contribution >= 0.6 is 11.8 Å². The van der Waals surface area contributed by atoms with Crippen LogP contribution in [0.25, 0.3) is 0 Å². The Bertz CT molecular complexity index is 326. The molecule has 0 bridgehead atoms. The van der Waals surface area contributed by atoms with Gasteiger partial charge in [0.25, 0.3) is 0 Å². The molecule has 1 heterocycles. The Morgan fingerprint density at radius 1 is 1.35 bits per heavy atom. The van der Waals surface area contributed by atoms with Crippen LogP contribution in [0.2, 0.25) is 0 Å². The molecular weight excluding hydrogens is 272 g/mol. The Kier molecular flexibility index (Phi) is 6.20. The van der Waals surface area contributed by atoms with Crippen LogP contribution in [0.1, 0.15) is 47.5 Å². The van der Waals surface area contributed by atoms with E-state index in [0.29, 0.717) is 0 Å². The van der Waals surface area contributed by atoms with Crippen LogP contribution in [-0.2, 0) is 4.74 Å². The fourth-order valence-electron chi connectivity index (χ4n) is 2.22. The van der Waals surface area contributed by atoms with Gasteiger partial charge in [0.15, 0.2) is 0 Å². The minimum atomic E-state index is -0.418. The number of rotatable bonds is 5. The van der Waals surface area contributed by atoms with Crippen molar-refractivity contribution in [1.29, 1.82) is 0 Å². The molecule has 1 unspecified atom stereocenters. The summed E-state index contributed by atoms with van der Waals surface area (Å²) < 4.78 is 5.71. The molecule has 1 aliphatic rings. The first kappa shape index (κ1) is 17.6. The highest BCUT2D eigenvalue weighted by atomic mass is 32.2. The molecule has 0 radical (unpaired) electrons. The molecule has 1 rings (SSSR count). The zero-order chi connectivity index (χ0) is 15.4. The number of likely N-dealkylation sites (tertiary alicyclic amines) is 1. The first-order valence-electron chi connectivity index (χ1n) is 7.40. The van der Waals surface area contributed by atoms with Crippen LogP contribution in [0, 0.1) is 0 Å². The number of amides is 1. The standard InChI is InChI=1S/C15H30N2O2S/c1-14(2,3)19-13(18)17-9-7-8-12(17)10-16-11-15(4,5)20-6/h12,16H,7-11H2,1-6H3. The summed E-state index contributed by atoms with van der Waals surface area (Å²) in [6.45, 7) is 12.8. The zero-order valence-electron chi connectivity index (χ0n) is 13.8. The number of thioether (sulfide) groups is 1. The van der Waals surface area contributed by atoms with Crippen LogP contribution in [0.15, 0.2) is 0 Å². The summed E-state index contributed by atoms with van der Waals surface area (Å²) in [7, 11) is 0. The quantitative estimate of drug-likeness (QED) is 0.847. The van der Waals surface area contributed by atoms with Crippen molar-refractivity contribution in [2.45, 2.75) is 63.9 Å². The zero-order valence-corrected chi connectivity index (χ0v) is 14.6. The fraction of sp³-hybridized carbons (Fsp3) is 0.933. The van der Waals surface area contributed by atoms with Crippen molar-refractivity contribution >= 4 is 17.9 Å². The maximum atomic E-state index is 12.2. The molecule has 118 valence electrons. The Balaban J connectivity index is 2.43. The van der Waals surface area contributed by atoms with E-state index in [4.69, 9.17) is 4.74 Å². The van der Waals surface area contributed by atoms with Crippen molar-refractivity contribution in [3.05, 3.63) is 0 Å². The first-order chi connectivity index (χ1) is 9.14. The number of nitrogens with one attached hydrogen (secondary N) is 1. The summed E-state index contributed by atoms with van der Waals surface area (Å²) in [6, 6.07) is 0.266. The molecule has 1 saturated heterocycles. The maximum Gasteiger partial charge on any atom is 0.410 e. The second-order valence-electron chi connectivity index (χ2n) is 7.06. The van der Waals surface area contributed by atoms with Crippen LogP contribution < -0.4 is 5.32 Å². The lowest BCUT2D eigenvalue weighted by atomic mass is 10.2. The van der Waals surface area contributed by atoms with E-state index in [0.717, 1.165) is 32.5 Å². The van der Waals surface area contributed by atoms with Gasteiger partial charge in [-0.05, 0) is 53.7 Å². The smallest absolute Gasteiger partial charge is 0.410 e. The summed E-state index contributed by atoms with van der Waals surface area (Å²) in [5.74, 6) is 0. The highest BCUT2D eigenvalue weighted by molar-refractivity contribution is 7.99. The molecule has 1 amide bonds. The number of ether oxygens (including phenoxy) is 1. The lowest BCUT2D eigenvalue weighted by Gasteiger charge is -2.30. The van der Waals surface area contributed by atoms with Gasteiger partial charge in [0.05, 0.1) is 0 Å². The summed E-state index contributed by atoms with van der Waals surface area (Å²) >= 11 is 1.86. The number of hydrogen-bond acceptors (Lipinski definition) is 4. The molecule has 0 spiro atoms. The minimum absolute atomic E-state index is 0.175. The highest BCUT2D eigenvalue weighted by Gasteiger charge is 2.32. The highest BCUT2D eigenvalue weighted by Crippen LogP contribution is 2.22. The number of nitrogens with zero attached hydrogens (tertiary/aromatic N) is 1. The second-order valence-corrected chi connectivity index (χ2v) is 8.58. The monoisotopic (exact) mass is 302 g/mol. The summed E-state index contributed by atoms with van der Waals surface area (Å²) in [5, 5.41) is 3.50. The molecule has 1 atom stereocenters. The van der Waals surface area contributed by atoms with Gasteiger partial charge in [0.2, 0.25) is 0 Å². The van der Waals surface area contributed by atoms with E-state index in [1.54, 1.807) is 0 Å². The molecule has 4 nitrogen and oxygen atoms in total. The van der Waals surface area contributed by atoms with Gasteiger partial charge in [-0.25, -0.2) is 4.79 Å². The van der Waals surface area contributed by atoms with Gasteiger partial charge in [-0.3, -0.25) is 0 Å². The lowest BCUT2D eigenvalue weighted by molar-refractivity contribution is 0.0226. The predicted molar refractivity (Wildman–Crippen MR) is 86.4 cm³/mol. The molecule has 0 aliphatic carbocycles. The number of carbonyl (C=O) groups excluding carboxylic acids is 1. The van der Waals surface area contributed by atoms with E-state index >= 15 is 0 Å². The lowest BCUT2D eigenvalue weighted by Crippen LogP contribution is -2.45. The van der Waals surface area contributed by atoms with E-state index < -0.39 is 5.60 Å². The predicted octanol–water partition coefficient (Wildman–Crippen LogP) is 3.12. The van der Waals surface area contributed by atoms with Crippen molar-refractivity contribution in [1.82, 2.24) is 10.2 Å². The molecule has 0 aromatic heterocycles. The third-order valence-corrected chi connectivity index (χ3v) is 4.74. The largest absolute Gasteiger partial charge is 0.444 e. The number of carbonyl (C=O) groups is 1. The molecule has 1 aliphatic heterocycles. The molecule has 20 heavy (non-hydrogen) atoms. The normalized spacial score (nSPS) is 20.3. The Morgan fingerprint density at radius 2 is 2.00 bits per heavy atom. The molecular formula is C15H30N2O2S. The van der Waals surface area contributed by atoms with E-state index in [-0.39, 0.29) is 16.9 Å². The third-order valence-electron chi connectivity index (χ3n) is 3.49. The van der Waals surface area contributed by atoms with Gasteiger partial charge in [-0.2, -0.15) is 11.8 Å². The van der Waals surface area contributed by atoms with Crippen LogP contribution in [0.4, 0.5) is 4.79 Å². The van der Waals surface area contributed by atoms with Crippen molar-refractivity contribution in [3.63, 3.8) is 0 Å². The van der Waals surface area contributed by atoms with E-state index in [1.807, 2.05) is 37.4 Å². The van der Waals surface area contributed by atoms with Crippen molar-refractivity contribution in [3.8, 4) is 0 Å². The molecule has 1 fully saturated rings.